The number of hydrogen-bond donors (Lipinski definition) is 1. The van der Waals surface area contributed by atoms with Crippen molar-refractivity contribution in [2.24, 2.45) is 5.92 Å². The number of carbonyl (C=O) groups is 1. The van der Waals surface area contributed by atoms with Crippen molar-refractivity contribution in [2.45, 2.75) is 26.7 Å². The van der Waals surface area contributed by atoms with Gasteiger partial charge in [0.25, 0.3) is 0 Å². The molecule has 1 aliphatic heterocycles. The minimum Gasteiger partial charge on any atom is -0.338 e. The highest BCUT2D eigenvalue weighted by molar-refractivity contribution is 5.76. The summed E-state index contributed by atoms with van der Waals surface area (Å²) in [5.41, 5.74) is 2.61. The lowest BCUT2D eigenvalue weighted by Gasteiger charge is -2.27. The Bertz CT molecular complexity index is 465. The molecular weight excluding hydrogens is 248 g/mol. The zero-order valence-corrected chi connectivity index (χ0v) is 12.4. The summed E-state index contributed by atoms with van der Waals surface area (Å²) in [5, 5.41) is 3.00. The molecule has 1 aliphatic rings. The van der Waals surface area contributed by atoms with Crippen molar-refractivity contribution in [2.75, 3.05) is 19.6 Å². The van der Waals surface area contributed by atoms with E-state index >= 15 is 0 Å². The number of nitrogens with zero attached hydrogens (tertiary/aromatic N) is 1. The number of urea groups is 1. The molecule has 0 aliphatic carbocycles. The Morgan fingerprint density at radius 2 is 2.05 bits per heavy atom. The van der Waals surface area contributed by atoms with E-state index in [9.17, 15) is 4.79 Å². The van der Waals surface area contributed by atoms with Gasteiger partial charge in [-0.25, -0.2) is 4.79 Å². The van der Waals surface area contributed by atoms with E-state index in [1.54, 1.807) is 0 Å². The molecular formula is C17H24N2O. The summed E-state index contributed by atoms with van der Waals surface area (Å²) >= 11 is 0. The second kappa shape index (κ2) is 7.13. The number of benzene rings is 1. The molecule has 1 aromatic rings. The van der Waals surface area contributed by atoms with Crippen LogP contribution >= 0.6 is 0 Å². The first kappa shape index (κ1) is 14.6. The Balaban J connectivity index is 1.84. The van der Waals surface area contributed by atoms with Gasteiger partial charge in [-0.15, -0.1) is 0 Å². The molecule has 20 heavy (non-hydrogen) atoms. The third-order valence-corrected chi connectivity index (χ3v) is 3.64. The van der Waals surface area contributed by atoms with Crippen LogP contribution in [0.4, 0.5) is 4.79 Å². The quantitative estimate of drug-likeness (QED) is 0.893. The van der Waals surface area contributed by atoms with Crippen LogP contribution < -0.4 is 5.32 Å². The van der Waals surface area contributed by atoms with Crippen LogP contribution in [0.15, 0.2) is 36.4 Å². The highest BCUT2D eigenvalue weighted by atomic mass is 16.2. The molecule has 0 aromatic heterocycles. The summed E-state index contributed by atoms with van der Waals surface area (Å²) in [6, 6.07) is 10.5. The fraction of sp³-hybridized carbons (Fsp3) is 0.471. The molecule has 0 bridgehead atoms. The fourth-order valence-corrected chi connectivity index (χ4v) is 2.35. The van der Waals surface area contributed by atoms with E-state index in [0.29, 0.717) is 12.5 Å². The lowest BCUT2D eigenvalue weighted by atomic mass is 10.00. The van der Waals surface area contributed by atoms with Crippen LogP contribution in [0.3, 0.4) is 0 Å². The molecule has 0 spiro atoms. The van der Waals surface area contributed by atoms with Gasteiger partial charge in [0.15, 0.2) is 0 Å². The Morgan fingerprint density at radius 3 is 2.65 bits per heavy atom. The number of amides is 2. The summed E-state index contributed by atoms with van der Waals surface area (Å²) in [4.78, 5) is 13.9. The molecule has 0 saturated heterocycles. The van der Waals surface area contributed by atoms with Gasteiger partial charge >= 0.3 is 6.03 Å². The lowest BCUT2D eigenvalue weighted by Crippen LogP contribution is -2.42. The maximum Gasteiger partial charge on any atom is 0.317 e. The van der Waals surface area contributed by atoms with Gasteiger partial charge in [0.1, 0.15) is 0 Å². The van der Waals surface area contributed by atoms with E-state index in [0.717, 1.165) is 25.9 Å². The van der Waals surface area contributed by atoms with Gasteiger partial charge in [-0.1, -0.05) is 50.3 Å². The number of carbonyl (C=O) groups excluding carboxylic acids is 1. The Hall–Kier alpha value is -1.77. The predicted octanol–water partition coefficient (Wildman–Crippen LogP) is 3.53. The molecule has 0 atom stereocenters. The predicted molar refractivity (Wildman–Crippen MR) is 83.5 cm³/mol. The van der Waals surface area contributed by atoms with Crippen molar-refractivity contribution in [1.29, 1.82) is 0 Å². The van der Waals surface area contributed by atoms with E-state index in [-0.39, 0.29) is 6.03 Å². The van der Waals surface area contributed by atoms with E-state index in [1.165, 1.54) is 11.1 Å². The van der Waals surface area contributed by atoms with Crippen LogP contribution in [0.2, 0.25) is 0 Å². The third kappa shape index (κ3) is 4.12. The molecule has 1 heterocycles. The molecule has 0 unspecified atom stereocenters. The number of rotatable bonds is 4. The van der Waals surface area contributed by atoms with Gasteiger partial charge in [-0.3, -0.25) is 0 Å². The summed E-state index contributed by atoms with van der Waals surface area (Å²) in [7, 11) is 0. The molecule has 0 saturated carbocycles. The zero-order valence-electron chi connectivity index (χ0n) is 12.4. The van der Waals surface area contributed by atoms with Gasteiger partial charge in [-0.2, -0.15) is 0 Å². The second-order valence-corrected chi connectivity index (χ2v) is 5.71. The van der Waals surface area contributed by atoms with Crippen LogP contribution in [0.5, 0.6) is 0 Å². The summed E-state index contributed by atoms with van der Waals surface area (Å²) in [6.07, 6.45) is 4.13. The van der Waals surface area contributed by atoms with Crippen LogP contribution in [0.25, 0.3) is 5.57 Å². The van der Waals surface area contributed by atoms with Gasteiger partial charge in [-0.05, 0) is 29.9 Å². The van der Waals surface area contributed by atoms with Gasteiger partial charge in [0.05, 0.1) is 0 Å². The summed E-state index contributed by atoms with van der Waals surface area (Å²) in [5.74, 6) is 0.626. The fourth-order valence-electron chi connectivity index (χ4n) is 2.35. The van der Waals surface area contributed by atoms with Crippen molar-refractivity contribution in [3.63, 3.8) is 0 Å². The van der Waals surface area contributed by atoms with Gasteiger partial charge < -0.3 is 10.2 Å². The van der Waals surface area contributed by atoms with Crippen molar-refractivity contribution in [3.05, 3.63) is 42.0 Å². The molecule has 0 fully saturated rings. The minimum absolute atomic E-state index is 0.0639. The molecule has 3 nitrogen and oxygen atoms in total. The Labute approximate surface area is 121 Å². The highest BCUT2D eigenvalue weighted by Crippen LogP contribution is 2.21. The minimum atomic E-state index is 0.0639. The molecule has 1 N–H and O–H groups in total. The van der Waals surface area contributed by atoms with Crippen molar-refractivity contribution >= 4 is 11.6 Å². The third-order valence-electron chi connectivity index (χ3n) is 3.64. The molecule has 1 aromatic carbocycles. The number of hydrogen-bond acceptors (Lipinski definition) is 1. The van der Waals surface area contributed by atoms with E-state index in [2.05, 4.69) is 49.5 Å². The van der Waals surface area contributed by atoms with Crippen molar-refractivity contribution < 1.29 is 4.79 Å². The van der Waals surface area contributed by atoms with E-state index in [1.807, 2.05) is 11.0 Å². The average Bonchev–Trinajstić information content (AvgIpc) is 2.48. The first-order chi connectivity index (χ1) is 9.66. The molecule has 2 amide bonds. The maximum absolute atomic E-state index is 12.0. The second-order valence-electron chi connectivity index (χ2n) is 5.71. The smallest absolute Gasteiger partial charge is 0.317 e. The largest absolute Gasteiger partial charge is 0.338 e. The highest BCUT2D eigenvalue weighted by Gasteiger charge is 2.17. The van der Waals surface area contributed by atoms with Crippen LogP contribution in [-0.2, 0) is 0 Å². The first-order valence-corrected chi connectivity index (χ1v) is 7.44. The monoisotopic (exact) mass is 272 g/mol. The van der Waals surface area contributed by atoms with Crippen LogP contribution in [0, 0.1) is 5.92 Å². The van der Waals surface area contributed by atoms with E-state index < -0.39 is 0 Å². The maximum atomic E-state index is 12.0. The van der Waals surface area contributed by atoms with Gasteiger partial charge in [0.2, 0.25) is 0 Å². The standard InChI is InChI=1S/C17H24N2O/c1-14(2)8-11-18-17(20)19-12-9-16(10-13-19)15-6-4-3-5-7-15/h3-7,9,14H,8,10-13H2,1-2H3,(H,18,20). The topological polar surface area (TPSA) is 32.3 Å². The van der Waals surface area contributed by atoms with Gasteiger partial charge in [0, 0.05) is 19.6 Å². The Kier molecular flexibility index (Phi) is 5.22. The molecule has 2 rings (SSSR count). The summed E-state index contributed by atoms with van der Waals surface area (Å²) in [6.45, 7) is 6.61. The first-order valence-electron chi connectivity index (χ1n) is 7.44. The van der Waals surface area contributed by atoms with Crippen molar-refractivity contribution in [3.8, 4) is 0 Å². The lowest BCUT2D eigenvalue weighted by molar-refractivity contribution is 0.202. The normalized spacial score (nSPS) is 15.2. The van der Waals surface area contributed by atoms with Crippen LogP contribution in [0.1, 0.15) is 32.3 Å². The van der Waals surface area contributed by atoms with E-state index in [4.69, 9.17) is 0 Å². The number of nitrogens with one attached hydrogen (secondary N) is 1. The molecule has 0 radical (unpaired) electrons. The molecule has 108 valence electrons. The average molecular weight is 272 g/mol. The Morgan fingerprint density at radius 1 is 1.30 bits per heavy atom. The molecule has 3 heteroatoms. The SMILES string of the molecule is CC(C)CCNC(=O)N1CC=C(c2ccccc2)CC1. The zero-order chi connectivity index (χ0) is 14.4. The van der Waals surface area contributed by atoms with Crippen molar-refractivity contribution in [1.82, 2.24) is 10.2 Å². The summed E-state index contributed by atoms with van der Waals surface area (Å²) < 4.78 is 0. The van der Waals surface area contributed by atoms with Crippen LogP contribution in [-0.4, -0.2) is 30.6 Å².